The average Bonchev–Trinajstić information content (AvgIpc) is 3.09. The van der Waals surface area contributed by atoms with E-state index in [1.807, 2.05) is 4.90 Å². The molecule has 4 aromatic rings. The minimum absolute atomic E-state index is 0.0193. The smallest absolute Gasteiger partial charge is 0.257 e. The lowest BCUT2D eigenvalue weighted by Crippen LogP contribution is -2.38. The topological polar surface area (TPSA) is 182 Å². The molecule has 1 N–H and O–H groups in total. The average molecular weight is 698 g/mol. The molecule has 0 saturated heterocycles. The summed E-state index contributed by atoms with van der Waals surface area (Å²) in [5, 5.41) is 22.5. The number of nitrogens with zero attached hydrogens (tertiary/aromatic N) is 5. The zero-order valence-corrected chi connectivity index (χ0v) is 29.5. The van der Waals surface area contributed by atoms with Crippen molar-refractivity contribution < 1.29 is 36.2 Å². The van der Waals surface area contributed by atoms with Crippen molar-refractivity contribution in [3.63, 3.8) is 0 Å². The second-order valence-corrected chi connectivity index (χ2v) is 15.7. The van der Waals surface area contributed by atoms with E-state index in [9.17, 15) is 27.2 Å². The van der Waals surface area contributed by atoms with Crippen molar-refractivity contribution in [3.05, 3.63) is 70.9 Å². The minimum Gasteiger partial charge on any atom is -0.491 e. The molecule has 0 unspecified atom stereocenters. The zero-order chi connectivity index (χ0) is 35.4. The third-order valence-electron chi connectivity index (χ3n) is 8.15. The normalized spacial score (nSPS) is 13.9. The number of rotatable bonds is 14. The summed E-state index contributed by atoms with van der Waals surface area (Å²) in [6, 6.07) is 12.9. The van der Waals surface area contributed by atoms with Crippen molar-refractivity contribution >= 4 is 30.6 Å². The van der Waals surface area contributed by atoms with E-state index in [-0.39, 0.29) is 47.5 Å². The maximum Gasteiger partial charge on any atom is 0.257 e. The van der Waals surface area contributed by atoms with Crippen LogP contribution in [0.25, 0.3) is 10.9 Å². The van der Waals surface area contributed by atoms with Crippen LogP contribution in [-0.4, -0.2) is 95.3 Å². The van der Waals surface area contributed by atoms with Gasteiger partial charge in [-0.2, -0.15) is 5.26 Å². The summed E-state index contributed by atoms with van der Waals surface area (Å²) < 4.78 is 70.2. The third-order valence-corrected chi connectivity index (χ3v) is 11.4. The Balaban J connectivity index is 2.25. The van der Waals surface area contributed by atoms with E-state index in [0.29, 0.717) is 27.6 Å². The molecule has 0 bridgehead atoms. The van der Waals surface area contributed by atoms with Crippen molar-refractivity contribution in [2.24, 2.45) is 0 Å². The van der Waals surface area contributed by atoms with Gasteiger partial charge in [0.05, 0.1) is 55.9 Å². The SMILES string of the molecule is CCS(=O)(=O)c1cc([C@](O)(CCN(C)C)[C@@H](c2cc3cc(C#N)ccc3nc2OC)c2ccnc(OC)c2OC)cc(S(=O)(=O)CC)n1. The van der Waals surface area contributed by atoms with Crippen molar-refractivity contribution in [1.82, 2.24) is 19.9 Å². The van der Waals surface area contributed by atoms with Crippen LogP contribution in [0.2, 0.25) is 0 Å². The second-order valence-electron chi connectivity index (χ2n) is 11.3. The van der Waals surface area contributed by atoms with Crippen LogP contribution in [0.1, 0.15) is 48.4 Å². The molecule has 0 aliphatic carbocycles. The molecule has 256 valence electrons. The van der Waals surface area contributed by atoms with E-state index in [0.717, 1.165) is 0 Å². The van der Waals surface area contributed by atoms with E-state index in [4.69, 9.17) is 19.2 Å². The third kappa shape index (κ3) is 7.07. The Morgan fingerprint density at radius 3 is 2.02 bits per heavy atom. The molecule has 0 saturated carbocycles. The van der Waals surface area contributed by atoms with Gasteiger partial charge in [-0.3, -0.25) is 0 Å². The molecule has 4 rings (SSSR count). The first-order valence-corrected chi connectivity index (χ1v) is 18.3. The summed E-state index contributed by atoms with van der Waals surface area (Å²) in [6.45, 7) is 3.12. The van der Waals surface area contributed by atoms with Crippen molar-refractivity contribution in [2.75, 3.05) is 53.5 Å². The number of benzene rings is 1. The molecule has 0 aliphatic heterocycles. The number of fused-ring (bicyclic) bond motifs is 1. The highest BCUT2D eigenvalue weighted by molar-refractivity contribution is 7.92. The molecule has 3 aromatic heterocycles. The minimum atomic E-state index is -4.05. The van der Waals surface area contributed by atoms with Crippen molar-refractivity contribution in [1.29, 1.82) is 5.26 Å². The highest BCUT2D eigenvalue weighted by Crippen LogP contribution is 2.51. The molecule has 0 fully saturated rings. The fourth-order valence-corrected chi connectivity index (χ4v) is 7.25. The second kappa shape index (κ2) is 14.4. The maximum absolute atomic E-state index is 13.3. The number of hydrogen-bond donors (Lipinski definition) is 1. The van der Waals surface area contributed by atoms with Gasteiger partial charge in [-0.15, -0.1) is 0 Å². The van der Waals surface area contributed by atoms with Gasteiger partial charge >= 0.3 is 0 Å². The molecular formula is C33H39N5O8S2. The highest BCUT2D eigenvalue weighted by Gasteiger charge is 2.45. The summed E-state index contributed by atoms with van der Waals surface area (Å²) in [7, 11) is -0.240. The predicted octanol–water partition coefficient (Wildman–Crippen LogP) is 3.48. The number of methoxy groups -OCH3 is 3. The summed E-state index contributed by atoms with van der Waals surface area (Å²) in [4.78, 5) is 14.9. The van der Waals surface area contributed by atoms with Gasteiger partial charge in [-0.25, -0.2) is 31.8 Å². The number of nitriles is 1. The Morgan fingerprint density at radius 2 is 1.50 bits per heavy atom. The van der Waals surface area contributed by atoms with Gasteiger partial charge in [0.25, 0.3) is 5.88 Å². The molecule has 3 heterocycles. The molecule has 13 nitrogen and oxygen atoms in total. The summed E-state index contributed by atoms with van der Waals surface area (Å²) >= 11 is 0. The molecule has 0 spiro atoms. The molecule has 15 heteroatoms. The molecular weight excluding hydrogens is 659 g/mol. The van der Waals surface area contributed by atoms with Crippen LogP contribution in [0.15, 0.2) is 58.7 Å². The molecule has 0 amide bonds. The fourth-order valence-electron chi connectivity index (χ4n) is 5.51. The van der Waals surface area contributed by atoms with E-state index in [1.54, 1.807) is 44.4 Å². The van der Waals surface area contributed by atoms with Crippen LogP contribution in [0.3, 0.4) is 0 Å². The summed E-state index contributed by atoms with van der Waals surface area (Å²) in [6.07, 6.45) is 1.43. The number of aromatic nitrogens is 3. The van der Waals surface area contributed by atoms with Crippen LogP contribution < -0.4 is 14.2 Å². The van der Waals surface area contributed by atoms with Crippen LogP contribution in [0.5, 0.6) is 17.5 Å². The molecule has 0 aliphatic rings. The van der Waals surface area contributed by atoms with Gasteiger partial charge in [0.2, 0.25) is 5.88 Å². The van der Waals surface area contributed by atoms with Gasteiger partial charge in [0, 0.05) is 29.3 Å². The Labute approximate surface area is 281 Å². The van der Waals surface area contributed by atoms with E-state index in [1.165, 1.54) is 53.5 Å². The Kier molecular flexibility index (Phi) is 10.9. The first-order chi connectivity index (χ1) is 22.7. The highest BCUT2D eigenvalue weighted by atomic mass is 32.2. The number of aliphatic hydroxyl groups is 1. The van der Waals surface area contributed by atoms with Crippen LogP contribution >= 0.6 is 0 Å². The first-order valence-electron chi connectivity index (χ1n) is 15.0. The van der Waals surface area contributed by atoms with E-state index in [2.05, 4.69) is 16.0 Å². The van der Waals surface area contributed by atoms with Gasteiger partial charge in [-0.05, 0) is 68.5 Å². The lowest BCUT2D eigenvalue weighted by molar-refractivity contribution is 0.00257. The molecule has 48 heavy (non-hydrogen) atoms. The largest absolute Gasteiger partial charge is 0.491 e. The Morgan fingerprint density at radius 1 is 0.875 bits per heavy atom. The van der Waals surface area contributed by atoms with Crippen molar-refractivity contribution in [3.8, 4) is 23.6 Å². The first kappa shape index (κ1) is 36.5. The van der Waals surface area contributed by atoms with Crippen LogP contribution in [0, 0.1) is 11.3 Å². The number of ether oxygens (including phenoxy) is 3. The predicted molar refractivity (Wildman–Crippen MR) is 179 cm³/mol. The fraction of sp³-hybridized carbons (Fsp3) is 0.394. The van der Waals surface area contributed by atoms with Crippen LogP contribution in [-0.2, 0) is 25.3 Å². The lowest BCUT2D eigenvalue weighted by atomic mass is 9.71. The number of hydrogen-bond acceptors (Lipinski definition) is 13. The van der Waals surface area contributed by atoms with E-state index < -0.39 is 41.2 Å². The Bertz CT molecular complexity index is 2030. The number of pyridine rings is 3. The van der Waals surface area contributed by atoms with Crippen LogP contribution in [0.4, 0.5) is 0 Å². The molecule has 2 atom stereocenters. The quantitative estimate of drug-likeness (QED) is 0.202. The van der Waals surface area contributed by atoms with Gasteiger partial charge in [-0.1, -0.05) is 13.8 Å². The van der Waals surface area contributed by atoms with Gasteiger partial charge in [0.1, 0.15) is 5.60 Å². The van der Waals surface area contributed by atoms with Gasteiger partial charge in [0.15, 0.2) is 35.5 Å². The Hall–Kier alpha value is -4.36. The standard InChI is InChI=1S/C33H39N5O8S2/c1-8-47(40,41)27-18-23(19-28(37-27)48(42,43)9-2)33(39,13-15-38(3)4)29(24-12-14-35-32(46-7)30(24)44-5)25-17-22-16-21(20-34)10-11-26(22)36-31(25)45-6/h10-12,14,16-19,29,39H,8-9,13,15H2,1-7H3/t29-,33-/m1/s1. The van der Waals surface area contributed by atoms with Gasteiger partial charge < -0.3 is 24.2 Å². The molecule has 1 aromatic carbocycles. The summed E-state index contributed by atoms with van der Waals surface area (Å²) in [5.74, 6) is -1.49. The number of sulfone groups is 2. The molecule has 0 radical (unpaired) electrons. The summed E-state index contributed by atoms with van der Waals surface area (Å²) in [5.41, 5.74) is -0.503. The zero-order valence-electron chi connectivity index (χ0n) is 27.9. The monoisotopic (exact) mass is 697 g/mol. The van der Waals surface area contributed by atoms with E-state index >= 15 is 0 Å². The maximum atomic E-state index is 13.3. The lowest BCUT2D eigenvalue weighted by Gasteiger charge is -2.39. The van der Waals surface area contributed by atoms with Crippen molar-refractivity contribution in [2.45, 2.75) is 41.8 Å².